The third kappa shape index (κ3) is 2.88. The third-order valence-corrected chi connectivity index (χ3v) is 3.81. The number of rotatable bonds is 4. The van der Waals surface area contributed by atoms with Gasteiger partial charge in [0, 0.05) is 24.1 Å². The Bertz CT molecular complexity index is 912. The number of hydrogen-bond acceptors (Lipinski definition) is 3. The number of hydrogen-bond donors (Lipinski definition) is 1. The lowest BCUT2D eigenvalue weighted by Crippen LogP contribution is -2.15. The predicted molar refractivity (Wildman–Crippen MR) is 93.3 cm³/mol. The quantitative estimate of drug-likeness (QED) is 0.747. The second-order valence-electron chi connectivity index (χ2n) is 5.39. The van der Waals surface area contributed by atoms with E-state index in [4.69, 9.17) is 4.74 Å². The molecule has 5 nitrogen and oxygen atoms in total. The van der Waals surface area contributed by atoms with E-state index >= 15 is 0 Å². The molecule has 3 rings (SSSR count). The lowest BCUT2D eigenvalue weighted by Gasteiger charge is -2.10. The maximum atomic E-state index is 12.7. The lowest BCUT2D eigenvalue weighted by atomic mass is 10.1. The first-order valence-electron chi connectivity index (χ1n) is 7.73. The average Bonchev–Trinajstić information content (AvgIpc) is 2.93. The zero-order valence-electron chi connectivity index (χ0n) is 13.6. The summed E-state index contributed by atoms with van der Waals surface area (Å²) >= 11 is 0. The van der Waals surface area contributed by atoms with Gasteiger partial charge in [-0.05, 0) is 25.1 Å². The van der Waals surface area contributed by atoms with E-state index in [-0.39, 0.29) is 12.5 Å². The number of nitrogens with one attached hydrogen (secondary N) is 1. The molecule has 1 aromatic heterocycles. The summed E-state index contributed by atoms with van der Waals surface area (Å²) in [6, 6.07) is 14.5. The monoisotopic (exact) mass is 322 g/mol. The number of esters is 1. The molecule has 2 aromatic carbocycles. The molecule has 0 saturated carbocycles. The minimum atomic E-state index is -0.452. The highest BCUT2D eigenvalue weighted by Crippen LogP contribution is 2.23. The first kappa shape index (κ1) is 15.8. The van der Waals surface area contributed by atoms with E-state index in [1.54, 1.807) is 37.4 Å². The molecule has 0 saturated heterocycles. The van der Waals surface area contributed by atoms with Gasteiger partial charge < -0.3 is 14.6 Å². The van der Waals surface area contributed by atoms with Crippen molar-refractivity contribution in [1.82, 2.24) is 4.57 Å². The maximum absolute atomic E-state index is 12.7. The summed E-state index contributed by atoms with van der Waals surface area (Å²) in [6.45, 7) is 2.03. The average molecular weight is 322 g/mol. The number of ether oxygens (including phenoxy) is 1. The molecule has 1 heterocycles. The largest absolute Gasteiger partial charge is 0.462 e. The number of para-hydroxylation sites is 2. The van der Waals surface area contributed by atoms with Crippen LogP contribution in [0.1, 0.15) is 27.6 Å². The van der Waals surface area contributed by atoms with Crippen molar-refractivity contribution in [2.24, 2.45) is 7.05 Å². The minimum absolute atomic E-state index is 0.261. The maximum Gasteiger partial charge on any atom is 0.340 e. The van der Waals surface area contributed by atoms with Gasteiger partial charge >= 0.3 is 5.97 Å². The zero-order chi connectivity index (χ0) is 17.1. The number of carbonyl (C=O) groups is 2. The van der Waals surface area contributed by atoms with E-state index in [2.05, 4.69) is 5.32 Å². The number of aromatic nitrogens is 1. The Morgan fingerprint density at radius 1 is 1.04 bits per heavy atom. The van der Waals surface area contributed by atoms with Crippen LogP contribution in [0.3, 0.4) is 0 Å². The summed E-state index contributed by atoms with van der Waals surface area (Å²) in [5.41, 5.74) is 2.31. The highest BCUT2D eigenvalue weighted by molar-refractivity contribution is 6.14. The van der Waals surface area contributed by atoms with Crippen LogP contribution < -0.4 is 5.32 Å². The van der Waals surface area contributed by atoms with Crippen LogP contribution in [0, 0.1) is 0 Å². The van der Waals surface area contributed by atoms with Crippen LogP contribution in [-0.4, -0.2) is 23.1 Å². The molecule has 5 heteroatoms. The molecule has 0 aliphatic heterocycles. The van der Waals surface area contributed by atoms with Crippen LogP contribution in [-0.2, 0) is 11.8 Å². The number of aryl methyl sites for hydroxylation is 1. The van der Waals surface area contributed by atoms with Gasteiger partial charge in [0.1, 0.15) is 0 Å². The van der Waals surface area contributed by atoms with Gasteiger partial charge in [0.2, 0.25) is 0 Å². The fourth-order valence-electron chi connectivity index (χ4n) is 2.69. The second kappa shape index (κ2) is 6.58. The summed E-state index contributed by atoms with van der Waals surface area (Å²) in [5.74, 6) is -0.713. The van der Waals surface area contributed by atoms with Gasteiger partial charge in [-0.1, -0.05) is 30.3 Å². The van der Waals surface area contributed by atoms with Crippen LogP contribution in [0.15, 0.2) is 54.7 Å². The van der Waals surface area contributed by atoms with E-state index in [9.17, 15) is 9.59 Å². The summed E-state index contributed by atoms with van der Waals surface area (Å²) < 4.78 is 6.94. The highest BCUT2D eigenvalue weighted by atomic mass is 16.5. The molecule has 0 bridgehead atoms. The van der Waals surface area contributed by atoms with Crippen LogP contribution in [0.5, 0.6) is 0 Å². The topological polar surface area (TPSA) is 60.3 Å². The molecule has 0 spiro atoms. The molecule has 0 aliphatic rings. The standard InChI is InChI=1S/C19H18N2O3/c1-3-24-19(23)14-9-4-6-10-16(14)20-18(22)15-12-21(2)17-11-7-5-8-13(15)17/h4-12H,3H2,1-2H3,(H,20,22). The number of amides is 1. The van der Waals surface area contributed by atoms with Crippen molar-refractivity contribution in [3.05, 3.63) is 65.9 Å². The van der Waals surface area contributed by atoms with Crippen LogP contribution in [0.25, 0.3) is 10.9 Å². The number of fused-ring (bicyclic) bond motifs is 1. The molecule has 0 radical (unpaired) electrons. The van der Waals surface area contributed by atoms with Crippen molar-refractivity contribution >= 4 is 28.5 Å². The summed E-state index contributed by atoms with van der Waals surface area (Å²) in [4.78, 5) is 24.7. The summed E-state index contributed by atoms with van der Waals surface area (Å²) in [7, 11) is 1.89. The molecule has 0 unspecified atom stereocenters. The molecule has 24 heavy (non-hydrogen) atoms. The van der Waals surface area contributed by atoms with Gasteiger partial charge in [-0.25, -0.2) is 4.79 Å². The van der Waals surface area contributed by atoms with Gasteiger partial charge in [0.15, 0.2) is 0 Å². The van der Waals surface area contributed by atoms with Crippen LogP contribution >= 0.6 is 0 Å². The van der Waals surface area contributed by atoms with Crippen molar-refractivity contribution in [1.29, 1.82) is 0 Å². The first-order valence-corrected chi connectivity index (χ1v) is 7.73. The van der Waals surface area contributed by atoms with Gasteiger partial charge in [0.05, 0.1) is 23.4 Å². The van der Waals surface area contributed by atoms with Gasteiger partial charge in [0.25, 0.3) is 5.91 Å². The summed E-state index contributed by atoms with van der Waals surface area (Å²) in [5, 5.41) is 3.69. The molecule has 1 N–H and O–H groups in total. The van der Waals surface area contributed by atoms with E-state index < -0.39 is 5.97 Å². The first-order chi connectivity index (χ1) is 11.6. The third-order valence-electron chi connectivity index (χ3n) is 3.81. The van der Waals surface area contributed by atoms with Crippen LogP contribution in [0.2, 0.25) is 0 Å². The van der Waals surface area contributed by atoms with Gasteiger partial charge in [-0.3, -0.25) is 4.79 Å². The molecule has 0 aliphatic carbocycles. The second-order valence-corrected chi connectivity index (χ2v) is 5.39. The minimum Gasteiger partial charge on any atom is -0.462 e. The molecule has 122 valence electrons. The van der Waals surface area contributed by atoms with Crippen molar-refractivity contribution in [2.75, 3.05) is 11.9 Å². The molecular formula is C19H18N2O3. The van der Waals surface area contributed by atoms with Crippen molar-refractivity contribution in [3.8, 4) is 0 Å². The fourth-order valence-corrected chi connectivity index (χ4v) is 2.69. The number of carbonyl (C=O) groups excluding carboxylic acids is 2. The zero-order valence-corrected chi connectivity index (χ0v) is 13.6. The molecular weight excluding hydrogens is 304 g/mol. The Morgan fingerprint density at radius 3 is 2.54 bits per heavy atom. The predicted octanol–water partition coefficient (Wildman–Crippen LogP) is 3.61. The Morgan fingerprint density at radius 2 is 1.75 bits per heavy atom. The molecule has 0 fully saturated rings. The van der Waals surface area contributed by atoms with Crippen molar-refractivity contribution in [3.63, 3.8) is 0 Å². The molecule has 3 aromatic rings. The fraction of sp³-hybridized carbons (Fsp3) is 0.158. The number of benzene rings is 2. The lowest BCUT2D eigenvalue weighted by molar-refractivity contribution is 0.0527. The molecule has 0 atom stereocenters. The highest BCUT2D eigenvalue weighted by Gasteiger charge is 2.17. The molecule has 1 amide bonds. The Kier molecular flexibility index (Phi) is 4.33. The van der Waals surface area contributed by atoms with E-state index in [0.717, 1.165) is 10.9 Å². The number of anilines is 1. The van der Waals surface area contributed by atoms with Crippen molar-refractivity contribution in [2.45, 2.75) is 6.92 Å². The van der Waals surface area contributed by atoms with Gasteiger partial charge in [-0.2, -0.15) is 0 Å². The SMILES string of the molecule is CCOC(=O)c1ccccc1NC(=O)c1cn(C)c2ccccc12. The Hall–Kier alpha value is -3.08. The summed E-state index contributed by atoms with van der Waals surface area (Å²) in [6.07, 6.45) is 1.78. The smallest absolute Gasteiger partial charge is 0.340 e. The van der Waals surface area contributed by atoms with Gasteiger partial charge in [-0.15, -0.1) is 0 Å². The van der Waals surface area contributed by atoms with E-state index in [1.807, 2.05) is 35.9 Å². The Balaban J connectivity index is 1.94. The van der Waals surface area contributed by atoms with E-state index in [0.29, 0.717) is 16.8 Å². The normalized spacial score (nSPS) is 10.6. The van der Waals surface area contributed by atoms with E-state index in [1.165, 1.54) is 0 Å². The van der Waals surface area contributed by atoms with Crippen LogP contribution in [0.4, 0.5) is 5.69 Å². The Labute approximate surface area is 139 Å². The number of nitrogens with zero attached hydrogens (tertiary/aromatic N) is 1. The van der Waals surface area contributed by atoms with Crippen molar-refractivity contribution < 1.29 is 14.3 Å².